The maximum absolute atomic E-state index is 6.65. The summed E-state index contributed by atoms with van der Waals surface area (Å²) in [5, 5.41) is 0. The topological polar surface area (TPSA) is 0 Å². The summed E-state index contributed by atoms with van der Waals surface area (Å²) in [4.78, 5) is 0. The third-order valence-electron chi connectivity index (χ3n) is 5.08. The van der Waals surface area contributed by atoms with Crippen LogP contribution in [0.1, 0.15) is 26.7 Å². The predicted octanol–water partition coefficient (Wildman–Crippen LogP) is 6.41. The molecule has 0 aromatic heterocycles. The second-order valence-electron chi connectivity index (χ2n) is 6.70. The molecule has 0 saturated heterocycles. The summed E-state index contributed by atoms with van der Waals surface area (Å²) in [7, 11) is 13.3. The summed E-state index contributed by atoms with van der Waals surface area (Å²) in [6.07, 6.45) is 15.7. The minimum absolute atomic E-state index is 0.481. The summed E-state index contributed by atoms with van der Waals surface area (Å²) >= 11 is -3.85. The quantitative estimate of drug-likeness (QED) is 0.336. The van der Waals surface area contributed by atoms with Crippen LogP contribution in [-0.2, 0) is 19.1 Å². The van der Waals surface area contributed by atoms with Crippen LogP contribution in [-0.4, -0.2) is 18.3 Å². The molecular weight excluding hydrogens is 562 g/mol. The van der Waals surface area contributed by atoms with Gasteiger partial charge in [0.25, 0.3) is 0 Å². The Morgan fingerprint density at radius 1 is 1.21 bits per heavy atom. The summed E-state index contributed by atoms with van der Waals surface area (Å²) in [5.41, 5.74) is 7.23. The SMILES string of the molecule is CCC1=[C]([Hf]([Cl])[Cl])C2=CC=C[C](=[Ge]([CH3])[CH3])C(C)C2=C1C1=CC=CC1. The van der Waals surface area contributed by atoms with Crippen molar-refractivity contribution in [2.75, 3.05) is 0 Å². The molecule has 0 fully saturated rings. The Labute approximate surface area is 165 Å². The Morgan fingerprint density at radius 3 is 2.50 bits per heavy atom. The van der Waals surface area contributed by atoms with Crippen molar-refractivity contribution >= 4 is 35.4 Å². The molecule has 0 saturated carbocycles. The van der Waals surface area contributed by atoms with Gasteiger partial charge >= 0.3 is 166 Å². The number of hydrogen-bond acceptors (Lipinski definition) is 0. The number of fused-ring (bicyclic) bond motifs is 1. The van der Waals surface area contributed by atoms with Gasteiger partial charge in [0.15, 0.2) is 0 Å². The fourth-order valence-corrected chi connectivity index (χ4v) is 14.0. The van der Waals surface area contributed by atoms with Crippen LogP contribution in [0.3, 0.4) is 0 Å². The van der Waals surface area contributed by atoms with Gasteiger partial charge in [-0.25, -0.2) is 0 Å². The normalized spacial score (nSPS) is 22.8. The molecule has 0 radical (unpaired) electrons. The van der Waals surface area contributed by atoms with Crippen LogP contribution >= 0.6 is 17.2 Å². The van der Waals surface area contributed by atoms with E-state index in [0.29, 0.717) is 5.92 Å². The monoisotopic (exact) mass is 587 g/mol. The number of allylic oxidation sites excluding steroid dienone is 12. The Balaban J connectivity index is 2.29. The fraction of sp³-hybridized carbons (Fsp3) is 0.350. The summed E-state index contributed by atoms with van der Waals surface area (Å²) in [6.45, 7) is 4.64. The van der Waals surface area contributed by atoms with Gasteiger partial charge in [-0.2, -0.15) is 0 Å². The Hall–Kier alpha value is 0.303. The molecule has 0 nitrogen and oxygen atoms in total. The molecule has 0 aromatic rings. The van der Waals surface area contributed by atoms with E-state index in [9.17, 15) is 0 Å². The van der Waals surface area contributed by atoms with Crippen LogP contribution < -0.4 is 0 Å². The van der Waals surface area contributed by atoms with Crippen LogP contribution in [0.25, 0.3) is 0 Å². The molecule has 0 aromatic carbocycles. The molecule has 0 bridgehead atoms. The van der Waals surface area contributed by atoms with Crippen LogP contribution in [0, 0.1) is 5.92 Å². The third kappa shape index (κ3) is 3.31. The molecule has 3 rings (SSSR count). The molecule has 0 N–H and O–H groups in total. The molecule has 0 aliphatic heterocycles. The van der Waals surface area contributed by atoms with Crippen molar-refractivity contribution in [3.8, 4) is 0 Å². The first-order chi connectivity index (χ1) is 11.5. The van der Waals surface area contributed by atoms with E-state index in [1.807, 2.05) is 0 Å². The molecule has 0 amide bonds. The van der Waals surface area contributed by atoms with Gasteiger partial charge in [0, 0.05) is 0 Å². The van der Waals surface area contributed by atoms with E-state index in [4.69, 9.17) is 17.2 Å². The molecular formula is C20H23Cl2GeHf. The average Bonchev–Trinajstić information content (AvgIpc) is 3.11. The summed E-state index contributed by atoms with van der Waals surface area (Å²) in [5.74, 6) is 5.38. The average molecular weight is 585 g/mol. The first kappa shape index (κ1) is 19.1. The van der Waals surface area contributed by atoms with Crippen molar-refractivity contribution in [2.24, 2.45) is 5.92 Å². The molecule has 0 heterocycles. The van der Waals surface area contributed by atoms with Crippen molar-refractivity contribution in [1.29, 1.82) is 0 Å². The van der Waals surface area contributed by atoms with E-state index in [-0.39, 0.29) is 0 Å². The van der Waals surface area contributed by atoms with Crippen molar-refractivity contribution < 1.29 is 19.1 Å². The van der Waals surface area contributed by atoms with Gasteiger partial charge in [0.2, 0.25) is 0 Å². The van der Waals surface area contributed by atoms with Crippen LogP contribution in [0.15, 0.2) is 67.7 Å². The van der Waals surface area contributed by atoms with Gasteiger partial charge in [-0.15, -0.1) is 0 Å². The van der Waals surface area contributed by atoms with E-state index in [2.05, 4.69) is 61.8 Å². The van der Waals surface area contributed by atoms with Gasteiger partial charge in [0.1, 0.15) is 0 Å². The van der Waals surface area contributed by atoms with Gasteiger partial charge in [-0.1, -0.05) is 0 Å². The number of hydrogen-bond donors (Lipinski definition) is 0. The zero-order chi connectivity index (χ0) is 17.4. The van der Waals surface area contributed by atoms with Gasteiger partial charge in [-0.3, -0.25) is 0 Å². The molecule has 24 heavy (non-hydrogen) atoms. The van der Waals surface area contributed by atoms with E-state index >= 15 is 0 Å². The van der Waals surface area contributed by atoms with Crippen molar-refractivity contribution in [3.63, 3.8) is 0 Å². The first-order valence-electron chi connectivity index (χ1n) is 8.55. The zero-order valence-corrected chi connectivity index (χ0v) is 21.9. The number of halogens is 2. The van der Waals surface area contributed by atoms with Crippen molar-refractivity contribution in [2.45, 2.75) is 38.2 Å². The van der Waals surface area contributed by atoms with E-state index in [0.717, 1.165) is 12.8 Å². The van der Waals surface area contributed by atoms with E-state index < -0.39 is 33.0 Å². The second kappa shape index (κ2) is 7.90. The molecule has 4 heteroatoms. The molecule has 1 unspecified atom stereocenters. The molecule has 1 atom stereocenters. The molecule has 125 valence electrons. The van der Waals surface area contributed by atoms with Crippen LogP contribution in [0.2, 0.25) is 11.5 Å². The predicted molar refractivity (Wildman–Crippen MR) is 107 cm³/mol. The van der Waals surface area contributed by atoms with Gasteiger partial charge < -0.3 is 0 Å². The Kier molecular flexibility index (Phi) is 6.28. The van der Waals surface area contributed by atoms with Crippen LogP contribution in [0.4, 0.5) is 0 Å². The zero-order valence-electron chi connectivity index (χ0n) is 14.7. The van der Waals surface area contributed by atoms with Crippen molar-refractivity contribution in [1.82, 2.24) is 0 Å². The minimum atomic E-state index is -2.70. The fourth-order valence-electron chi connectivity index (χ4n) is 4.06. The Bertz CT molecular complexity index is 784. The standard InChI is InChI=1S/C20H23Ge.2ClH.Hf/c1-5-15-13-17-11-8-12-18(21(3)4)14(2)19(17)20(15)16-9-6-7-10-16;;;/h6-9,11-12,14H,5,10H2,1-4H3;2*1H;/q;;;+2/p-2. The van der Waals surface area contributed by atoms with Crippen molar-refractivity contribution in [3.05, 3.63) is 67.7 Å². The maximum atomic E-state index is 6.65. The summed E-state index contributed by atoms with van der Waals surface area (Å²) in [6, 6.07) is 0. The van der Waals surface area contributed by atoms with Gasteiger partial charge in [-0.05, 0) is 0 Å². The summed E-state index contributed by atoms with van der Waals surface area (Å²) < 4.78 is 3.00. The Morgan fingerprint density at radius 2 is 1.96 bits per heavy atom. The second-order valence-corrected chi connectivity index (χ2v) is 23.5. The molecule has 3 aliphatic carbocycles. The van der Waals surface area contributed by atoms with E-state index in [1.54, 1.807) is 4.35 Å². The third-order valence-corrected chi connectivity index (χ3v) is 15.3. The first-order valence-corrected chi connectivity index (χ1v) is 24.5. The van der Waals surface area contributed by atoms with Crippen LogP contribution in [0.5, 0.6) is 0 Å². The number of rotatable bonds is 3. The van der Waals surface area contributed by atoms with Gasteiger partial charge in [0.05, 0.1) is 0 Å². The van der Waals surface area contributed by atoms with E-state index in [1.165, 1.54) is 31.2 Å². The molecule has 3 aliphatic rings. The molecule has 0 spiro atoms.